The summed E-state index contributed by atoms with van der Waals surface area (Å²) in [4.78, 5) is 28.2. The van der Waals surface area contributed by atoms with Crippen molar-refractivity contribution in [2.45, 2.75) is 13.3 Å². The number of esters is 1. The highest BCUT2D eigenvalue weighted by atomic mass is 32.2. The average Bonchev–Trinajstić information content (AvgIpc) is 2.81. The maximum absolute atomic E-state index is 12.5. The number of hydrogen-bond donors (Lipinski definition) is 0. The summed E-state index contributed by atoms with van der Waals surface area (Å²) in [6.45, 7) is 3.28. The summed E-state index contributed by atoms with van der Waals surface area (Å²) in [6.07, 6.45) is 1.96. The number of benzene rings is 1. The molecule has 1 amide bonds. The van der Waals surface area contributed by atoms with Crippen molar-refractivity contribution in [1.29, 1.82) is 0 Å². The van der Waals surface area contributed by atoms with Crippen LogP contribution in [-0.2, 0) is 14.3 Å². The quantitative estimate of drug-likeness (QED) is 0.413. The molecule has 0 radical (unpaired) electrons. The van der Waals surface area contributed by atoms with Crippen LogP contribution in [-0.4, -0.2) is 59.8 Å². The van der Waals surface area contributed by atoms with Gasteiger partial charge in [0.25, 0.3) is 5.91 Å². The van der Waals surface area contributed by atoms with Crippen LogP contribution >= 0.6 is 24.0 Å². The van der Waals surface area contributed by atoms with E-state index in [2.05, 4.69) is 0 Å². The molecule has 1 aliphatic rings. The molecule has 1 saturated heterocycles. The van der Waals surface area contributed by atoms with Gasteiger partial charge in [0.1, 0.15) is 10.9 Å². The van der Waals surface area contributed by atoms with Crippen molar-refractivity contribution >= 4 is 46.3 Å². The zero-order valence-electron chi connectivity index (χ0n) is 14.7. The summed E-state index contributed by atoms with van der Waals surface area (Å²) in [5, 5.41) is 0. The van der Waals surface area contributed by atoms with Crippen LogP contribution in [0.15, 0.2) is 29.2 Å². The molecule has 7 heteroatoms. The minimum absolute atomic E-state index is 0.137. The molecule has 2 rings (SSSR count). The predicted octanol–water partition coefficient (Wildman–Crippen LogP) is 2.69. The third kappa shape index (κ3) is 5.95. The Kier molecular flexibility index (Phi) is 7.16. The molecular formula is C18H22N2O3S2. The SMILES string of the molecule is Cc1ccc(/C=C2\SC(=S)N(CCC(=O)OCCN(C)C)C2=O)cc1. The first-order valence-corrected chi connectivity index (χ1v) is 9.21. The van der Waals surface area contributed by atoms with Crippen LogP contribution < -0.4 is 0 Å². The molecule has 0 atom stereocenters. The fourth-order valence-electron chi connectivity index (χ4n) is 2.12. The molecule has 5 nitrogen and oxygen atoms in total. The van der Waals surface area contributed by atoms with Crippen LogP contribution in [0.5, 0.6) is 0 Å². The summed E-state index contributed by atoms with van der Waals surface area (Å²) >= 11 is 6.54. The van der Waals surface area contributed by atoms with Crippen molar-refractivity contribution in [2.75, 3.05) is 33.8 Å². The van der Waals surface area contributed by atoms with Crippen molar-refractivity contribution < 1.29 is 14.3 Å². The van der Waals surface area contributed by atoms with E-state index in [0.717, 1.165) is 11.1 Å². The van der Waals surface area contributed by atoms with Crippen molar-refractivity contribution in [1.82, 2.24) is 9.80 Å². The van der Waals surface area contributed by atoms with E-state index in [1.54, 1.807) is 0 Å². The van der Waals surface area contributed by atoms with Gasteiger partial charge in [-0.1, -0.05) is 53.8 Å². The van der Waals surface area contributed by atoms with Crippen molar-refractivity contribution in [2.24, 2.45) is 0 Å². The lowest BCUT2D eigenvalue weighted by Crippen LogP contribution is -2.31. The van der Waals surface area contributed by atoms with Crippen LogP contribution in [0.25, 0.3) is 6.08 Å². The molecule has 1 aromatic rings. The standard InChI is InChI=1S/C18H22N2O3S2/c1-13-4-6-14(7-5-13)12-15-17(22)20(18(24)25-15)9-8-16(21)23-11-10-19(2)3/h4-7,12H,8-11H2,1-3H3/b15-12-. The molecule has 25 heavy (non-hydrogen) atoms. The maximum atomic E-state index is 12.5. The molecule has 1 aromatic carbocycles. The van der Waals surface area contributed by atoms with E-state index in [-0.39, 0.29) is 24.8 Å². The topological polar surface area (TPSA) is 49.9 Å². The van der Waals surface area contributed by atoms with Crippen LogP contribution in [0.2, 0.25) is 0 Å². The van der Waals surface area contributed by atoms with E-state index in [9.17, 15) is 9.59 Å². The number of rotatable bonds is 7. The number of amides is 1. The molecule has 0 spiro atoms. The molecule has 0 N–H and O–H groups in total. The van der Waals surface area contributed by atoms with Gasteiger partial charge in [-0.15, -0.1) is 0 Å². The zero-order chi connectivity index (χ0) is 18.4. The van der Waals surface area contributed by atoms with Gasteiger partial charge in [0.05, 0.1) is 11.3 Å². The fraction of sp³-hybridized carbons (Fsp3) is 0.389. The third-order valence-electron chi connectivity index (χ3n) is 3.59. The number of likely N-dealkylation sites (N-methyl/N-ethyl adjacent to an activating group) is 1. The molecule has 1 heterocycles. The van der Waals surface area contributed by atoms with Crippen molar-refractivity contribution in [3.63, 3.8) is 0 Å². The normalized spacial score (nSPS) is 16.2. The predicted molar refractivity (Wildman–Crippen MR) is 105 cm³/mol. The van der Waals surface area contributed by atoms with Gasteiger partial charge in [0.2, 0.25) is 0 Å². The number of thiocarbonyl (C=S) groups is 1. The number of aryl methyl sites for hydroxylation is 1. The number of carbonyl (C=O) groups is 2. The molecule has 134 valence electrons. The number of nitrogens with zero attached hydrogens (tertiary/aromatic N) is 2. The summed E-state index contributed by atoms with van der Waals surface area (Å²) in [6, 6.07) is 7.92. The molecular weight excluding hydrogens is 356 g/mol. The largest absolute Gasteiger partial charge is 0.464 e. The van der Waals surface area contributed by atoms with Gasteiger partial charge in [-0.25, -0.2) is 0 Å². The Hall–Kier alpha value is -1.70. The maximum Gasteiger partial charge on any atom is 0.307 e. The first kappa shape index (κ1) is 19.6. The van der Waals surface area contributed by atoms with E-state index in [4.69, 9.17) is 17.0 Å². The van der Waals surface area contributed by atoms with Gasteiger partial charge in [0, 0.05) is 13.1 Å². The Morgan fingerprint density at radius 1 is 1.32 bits per heavy atom. The van der Waals surface area contributed by atoms with Gasteiger partial charge in [-0.2, -0.15) is 0 Å². The minimum atomic E-state index is -0.321. The van der Waals surface area contributed by atoms with Crippen LogP contribution in [0.4, 0.5) is 0 Å². The lowest BCUT2D eigenvalue weighted by atomic mass is 10.1. The van der Waals surface area contributed by atoms with Crippen LogP contribution in [0.3, 0.4) is 0 Å². The number of ether oxygens (including phenoxy) is 1. The lowest BCUT2D eigenvalue weighted by molar-refractivity contribution is -0.144. The van der Waals surface area contributed by atoms with E-state index < -0.39 is 0 Å². The van der Waals surface area contributed by atoms with E-state index in [1.165, 1.54) is 16.7 Å². The van der Waals surface area contributed by atoms with E-state index >= 15 is 0 Å². The number of carbonyl (C=O) groups excluding carboxylic acids is 2. The minimum Gasteiger partial charge on any atom is -0.464 e. The third-order valence-corrected chi connectivity index (χ3v) is 4.97. The highest BCUT2D eigenvalue weighted by molar-refractivity contribution is 8.26. The molecule has 0 bridgehead atoms. The Bertz CT molecular complexity index is 684. The highest BCUT2D eigenvalue weighted by Gasteiger charge is 2.32. The Balaban J connectivity index is 1.90. The van der Waals surface area contributed by atoms with E-state index in [1.807, 2.05) is 56.3 Å². The molecule has 0 saturated carbocycles. The molecule has 0 aliphatic carbocycles. The summed E-state index contributed by atoms with van der Waals surface area (Å²) < 4.78 is 5.61. The number of hydrogen-bond acceptors (Lipinski definition) is 6. The van der Waals surface area contributed by atoms with Crippen molar-refractivity contribution in [3.05, 3.63) is 40.3 Å². The van der Waals surface area contributed by atoms with Crippen LogP contribution in [0.1, 0.15) is 17.5 Å². The highest BCUT2D eigenvalue weighted by Crippen LogP contribution is 2.32. The van der Waals surface area contributed by atoms with Gasteiger partial charge in [-0.3, -0.25) is 14.5 Å². The fourth-order valence-corrected chi connectivity index (χ4v) is 3.43. The smallest absolute Gasteiger partial charge is 0.307 e. The van der Waals surface area contributed by atoms with Crippen molar-refractivity contribution in [3.8, 4) is 0 Å². The second-order valence-corrected chi connectivity index (χ2v) is 7.69. The summed E-state index contributed by atoms with van der Waals surface area (Å²) in [7, 11) is 3.82. The van der Waals surface area contributed by atoms with Gasteiger partial charge in [-0.05, 0) is 32.7 Å². The summed E-state index contributed by atoms with van der Waals surface area (Å²) in [5.74, 6) is -0.477. The Morgan fingerprint density at radius 2 is 2.00 bits per heavy atom. The average molecular weight is 379 g/mol. The first-order valence-electron chi connectivity index (χ1n) is 7.99. The van der Waals surface area contributed by atoms with Gasteiger partial charge < -0.3 is 9.64 Å². The molecule has 0 unspecified atom stereocenters. The molecule has 1 fully saturated rings. The van der Waals surface area contributed by atoms with Gasteiger partial charge in [0.15, 0.2) is 0 Å². The Morgan fingerprint density at radius 3 is 2.64 bits per heavy atom. The van der Waals surface area contributed by atoms with Gasteiger partial charge >= 0.3 is 5.97 Å². The second kappa shape index (κ2) is 9.12. The second-order valence-electron chi connectivity index (χ2n) is 6.02. The monoisotopic (exact) mass is 378 g/mol. The van der Waals surface area contributed by atoms with Crippen LogP contribution in [0, 0.1) is 6.92 Å². The zero-order valence-corrected chi connectivity index (χ0v) is 16.3. The first-order chi connectivity index (χ1) is 11.9. The molecule has 0 aromatic heterocycles. The summed E-state index contributed by atoms with van der Waals surface area (Å²) in [5.41, 5.74) is 2.12. The lowest BCUT2D eigenvalue weighted by Gasteiger charge is -2.14. The Labute approximate surface area is 158 Å². The number of thioether (sulfide) groups is 1. The van der Waals surface area contributed by atoms with E-state index in [0.29, 0.717) is 22.4 Å². The molecule has 1 aliphatic heterocycles.